The molecule has 2 amide bonds. The monoisotopic (exact) mass is 719 g/mol. The van der Waals surface area contributed by atoms with E-state index in [1.54, 1.807) is 12.1 Å². The lowest BCUT2D eigenvalue weighted by atomic mass is 9.84. The molecule has 1 aromatic carbocycles. The number of β-lactam (4-membered cyclic amide) rings is 1. The first-order chi connectivity index (χ1) is 23.1. The highest BCUT2D eigenvalue weighted by atomic mass is 32.3. The number of pyridine rings is 1. The minimum absolute atomic E-state index is 0.0640. The Labute approximate surface area is 285 Å². The van der Waals surface area contributed by atoms with Crippen LogP contribution >= 0.6 is 11.3 Å². The molecular weight excluding hydrogens is 684 g/mol. The second-order valence-corrected chi connectivity index (χ2v) is 13.5. The molecule has 2 aliphatic heterocycles. The van der Waals surface area contributed by atoms with Gasteiger partial charge in [0, 0.05) is 30.1 Å². The first-order valence-corrected chi connectivity index (χ1v) is 17.1. The molecule has 3 aromatic rings. The van der Waals surface area contributed by atoms with Gasteiger partial charge in [-0.05, 0) is 37.6 Å². The number of thiazole rings is 1. The molecule has 2 atom stereocenters. The first kappa shape index (κ1) is 35.4. The van der Waals surface area contributed by atoms with Crippen LogP contribution in [0.15, 0.2) is 53.1 Å². The van der Waals surface area contributed by atoms with Gasteiger partial charge in [-0.15, -0.1) is 15.6 Å². The van der Waals surface area contributed by atoms with Crippen LogP contribution in [0.1, 0.15) is 19.5 Å². The summed E-state index contributed by atoms with van der Waals surface area (Å²) in [6, 6.07) is 9.84. The van der Waals surface area contributed by atoms with Crippen molar-refractivity contribution in [2.45, 2.75) is 31.5 Å². The number of aryl methyl sites for hydroxylation is 1. The maximum Gasteiger partial charge on any atom is 0.418 e. The summed E-state index contributed by atoms with van der Waals surface area (Å²) in [4.78, 5) is 49.3. The first-order valence-electron chi connectivity index (χ1n) is 14.8. The molecule has 0 saturated carbocycles. The number of carboxylic acids is 1. The molecule has 2 fully saturated rings. The quantitative estimate of drug-likeness (QED) is 0.0502. The fourth-order valence-corrected chi connectivity index (χ4v) is 6.19. The number of rotatable bonds is 13. The zero-order valence-corrected chi connectivity index (χ0v) is 28.2. The molecule has 4 heterocycles. The minimum atomic E-state index is -5.02. The number of oxime groups is 1. The molecule has 0 radical (unpaired) electrons. The number of hydrogen-bond acceptors (Lipinski definition) is 14. The van der Waals surface area contributed by atoms with Crippen molar-refractivity contribution in [3.05, 3.63) is 53.7 Å². The largest absolute Gasteiger partial charge is 0.489 e. The summed E-state index contributed by atoms with van der Waals surface area (Å²) in [6.45, 7) is 5.96. The van der Waals surface area contributed by atoms with Gasteiger partial charge in [0.1, 0.15) is 24.1 Å². The number of aromatic nitrogens is 2. The number of nitrogens with one attached hydrogen (secondary N) is 2. The van der Waals surface area contributed by atoms with Gasteiger partial charge in [0.05, 0.1) is 31.9 Å². The molecule has 49 heavy (non-hydrogen) atoms. The number of ether oxygens (including phenoxy) is 1. The number of hydroxylamine groups is 2. The molecule has 2 aliphatic rings. The number of amides is 2. The number of nitrogens with two attached hydrogens (primary N) is 1. The van der Waals surface area contributed by atoms with E-state index in [0.29, 0.717) is 10.8 Å². The Bertz CT molecular complexity index is 1860. The standard InChI is InChI=1S/C29H34N8O10S2/c1-29(2)24(26(39)37(29)47-49(42,43)44)33-25(38)23(20-16-48-28(30)32-20)34-46-21(27(40)41)15-45-19-7-4-17(5-8-19)18-6-9-22(35(3)14-18)36-12-10-31-11-13-36/h4-9,14,16,21,24,31H,10-13,15H2,1-3H3,(H4-,30,32,33,38,40,41,42,43,44)/p+1/b34-23-/t21?,24-/m1/s1. The second-order valence-electron chi connectivity index (χ2n) is 11.6. The van der Waals surface area contributed by atoms with Crippen LogP contribution in [0, 0.1) is 0 Å². The van der Waals surface area contributed by atoms with Crippen molar-refractivity contribution >= 4 is 56.2 Å². The average molecular weight is 720 g/mol. The molecule has 0 aliphatic carbocycles. The number of carbonyl (C=O) groups is 3. The fourth-order valence-electron chi connectivity index (χ4n) is 5.19. The predicted molar refractivity (Wildman–Crippen MR) is 175 cm³/mol. The van der Waals surface area contributed by atoms with Crippen LogP contribution in [-0.4, -0.2) is 102 Å². The number of carbonyl (C=O) groups excluding carboxylic acids is 2. The number of aliphatic carboxylic acids is 1. The molecule has 0 bridgehead atoms. The summed E-state index contributed by atoms with van der Waals surface area (Å²) >= 11 is 0.965. The Morgan fingerprint density at radius 2 is 1.88 bits per heavy atom. The van der Waals surface area contributed by atoms with Crippen LogP contribution in [0.3, 0.4) is 0 Å². The second kappa shape index (κ2) is 14.3. The Morgan fingerprint density at radius 1 is 1.20 bits per heavy atom. The van der Waals surface area contributed by atoms with Gasteiger partial charge in [-0.2, -0.15) is 13.5 Å². The predicted octanol–water partition coefficient (Wildman–Crippen LogP) is -0.281. The average Bonchev–Trinajstić information content (AvgIpc) is 3.49. The van der Waals surface area contributed by atoms with Gasteiger partial charge in [0.2, 0.25) is 0 Å². The van der Waals surface area contributed by atoms with Gasteiger partial charge in [-0.25, -0.2) is 14.3 Å². The number of nitrogen functional groups attached to an aromatic ring is 1. The summed E-state index contributed by atoms with van der Waals surface area (Å²) in [5.74, 6) is -1.97. The van der Waals surface area contributed by atoms with Crippen LogP contribution in [0.4, 0.5) is 10.9 Å². The number of nitrogens with zero attached hydrogens (tertiary/aromatic N) is 5. The van der Waals surface area contributed by atoms with Gasteiger partial charge >= 0.3 is 16.4 Å². The van der Waals surface area contributed by atoms with E-state index >= 15 is 0 Å². The molecule has 18 nitrogen and oxygen atoms in total. The molecule has 2 aromatic heterocycles. The maximum absolute atomic E-state index is 13.2. The Morgan fingerprint density at radius 3 is 2.45 bits per heavy atom. The lowest BCUT2D eigenvalue weighted by molar-refractivity contribution is -0.658. The molecular formula is C29H35N8O10S2+. The Kier molecular flexibility index (Phi) is 10.3. The van der Waals surface area contributed by atoms with Crippen molar-refractivity contribution in [1.29, 1.82) is 0 Å². The van der Waals surface area contributed by atoms with Gasteiger partial charge in [-0.1, -0.05) is 17.3 Å². The number of anilines is 2. The third kappa shape index (κ3) is 8.23. The van der Waals surface area contributed by atoms with Crippen LogP contribution in [0.25, 0.3) is 11.1 Å². The van der Waals surface area contributed by atoms with E-state index in [4.69, 9.17) is 19.9 Å². The van der Waals surface area contributed by atoms with E-state index in [2.05, 4.69) is 40.6 Å². The van der Waals surface area contributed by atoms with E-state index in [1.807, 2.05) is 31.4 Å². The van der Waals surface area contributed by atoms with E-state index in [-0.39, 0.29) is 10.8 Å². The van der Waals surface area contributed by atoms with Gasteiger partial charge in [0.25, 0.3) is 23.7 Å². The van der Waals surface area contributed by atoms with E-state index in [9.17, 15) is 27.9 Å². The summed E-state index contributed by atoms with van der Waals surface area (Å²) in [7, 11) is -3.02. The lowest BCUT2D eigenvalue weighted by Gasteiger charge is -2.50. The molecule has 1 unspecified atom stereocenters. The summed E-state index contributed by atoms with van der Waals surface area (Å²) in [5.41, 5.74) is 5.59. The number of piperazine rings is 1. The molecule has 262 valence electrons. The van der Waals surface area contributed by atoms with E-state index in [1.165, 1.54) is 19.2 Å². The summed E-state index contributed by atoms with van der Waals surface area (Å²) in [5, 5.41) is 21.1. The number of benzene rings is 1. The topological polar surface area (TPSA) is 239 Å². The Hall–Kier alpha value is -4.89. The van der Waals surface area contributed by atoms with E-state index in [0.717, 1.165) is 54.5 Å². The van der Waals surface area contributed by atoms with Crippen LogP contribution in [0.5, 0.6) is 5.75 Å². The van der Waals surface area contributed by atoms with E-state index < -0.39 is 58.2 Å². The van der Waals surface area contributed by atoms with Crippen molar-refractivity contribution in [1.82, 2.24) is 20.7 Å². The third-order valence-electron chi connectivity index (χ3n) is 7.78. The third-order valence-corrected chi connectivity index (χ3v) is 8.79. The zero-order chi connectivity index (χ0) is 35.5. The summed E-state index contributed by atoms with van der Waals surface area (Å²) < 4.78 is 43.2. The SMILES string of the molecule is C[n+]1cc(-c2ccc(OCC(O/N=C(\C(=O)N[C@@H]3C(=O)N(OS(=O)(=O)O)C3(C)C)c3csc(N)n3)C(=O)O)cc2)ccc1N1CCNCC1. The van der Waals surface area contributed by atoms with Crippen molar-refractivity contribution in [2.75, 3.05) is 43.4 Å². The summed E-state index contributed by atoms with van der Waals surface area (Å²) in [6.07, 6.45) is 0.365. The smallest absolute Gasteiger partial charge is 0.418 e. The Balaban J connectivity index is 1.24. The van der Waals surface area contributed by atoms with Crippen molar-refractivity contribution in [2.24, 2.45) is 12.2 Å². The highest BCUT2D eigenvalue weighted by molar-refractivity contribution is 7.80. The molecule has 6 N–H and O–H groups in total. The molecule has 2 saturated heterocycles. The molecule has 20 heteroatoms. The minimum Gasteiger partial charge on any atom is -0.489 e. The lowest BCUT2D eigenvalue weighted by Crippen LogP contribution is -2.76. The van der Waals surface area contributed by atoms with Gasteiger partial charge in [0.15, 0.2) is 10.8 Å². The highest BCUT2D eigenvalue weighted by Crippen LogP contribution is 2.33. The maximum atomic E-state index is 13.2. The van der Waals surface area contributed by atoms with Crippen molar-refractivity contribution in [3.8, 4) is 16.9 Å². The number of carboxylic acid groups (broad SMARTS) is 1. The normalized spacial score (nSPS) is 18.4. The van der Waals surface area contributed by atoms with Crippen LogP contribution in [0.2, 0.25) is 0 Å². The fraction of sp³-hybridized carbons (Fsp3) is 0.379. The highest BCUT2D eigenvalue weighted by Gasteiger charge is 2.58. The van der Waals surface area contributed by atoms with Crippen LogP contribution in [-0.2, 0) is 41.0 Å². The molecule has 5 rings (SSSR count). The van der Waals surface area contributed by atoms with Crippen molar-refractivity contribution in [3.63, 3.8) is 0 Å². The van der Waals surface area contributed by atoms with Crippen molar-refractivity contribution < 1.29 is 50.9 Å². The van der Waals surface area contributed by atoms with Crippen LogP contribution < -0.4 is 30.6 Å². The van der Waals surface area contributed by atoms with Gasteiger partial charge < -0.3 is 31.0 Å². The van der Waals surface area contributed by atoms with Gasteiger partial charge in [-0.3, -0.25) is 19.0 Å². The number of hydrogen-bond donors (Lipinski definition) is 5. The molecule has 0 spiro atoms. The zero-order valence-electron chi connectivity index (χ0n) is 26.6.